The SMILES string of the molecule is COc1cc2ccc(-c3nc(C)ccc3-c3cnn(CC4(C)CCC5(C4)O[C@@H](c4ccccc4)[C@H](c4ccccc4)O5)c3)cc2nn1. The lowest BCUT2D eigenvalue weighted by molar-refractivity contribution is -0.176. The Balaban J connectivity index is 1.05. The molecular weight excluding hydrogens is 586 g/mol. The van der Waals surface area contributed by atoms with Crippen LogP contribution in [0.4, 0.5) is 0 Å². The van der Waals surface area contributed by atoms with E-state index < -0.39 is 5.79 Å². The molecule has 0 amide bonds. The highest BCUT2D eigenvalue weighted by Crippen LogP contribution is 2.57. The van der Waals surface area contributed by atoms with E-state index in [0.29, 0.717) is 5.88 Å². The van der Waals surface area contributed by atoms with Crippen LogP contribution in [-0.4, -0.2) is 37.9 Å². The number of nitrogens with zero attached hydrogens (tertiary/aromatic N) is 5. The second-order valence-electron chi connectivity index (χ2n) is 13.2. The van der Waals surface area contributed by atoms with E-state index in [1.807, 2.05) is 49.5 Å². The highest BCUT2D eigenvalue weighted by atomic mass is 16.8. The second-order valence-corrected chi connectivity index (χ2v) is 13.2. The number of rotatable bonds is 7. The minimum absolute atomic E-state index is 0.0530. The topological polar surface area (TPSA) is 84.2 Å². The van der Waals surface area contributed by atoms with Gasteiger partial charge in [-0.25, -0.2) is 0 Å². The predicted molar refractivity (Wildman–Crippen MR) is 181 cm³/mol. The van der Waals surface area contributed by atoms with Crippen LogP contribution in [-0.2, 0) is 16.0 Å². The van der Waals surface area contributed by atoms with Crippen molar-refractivity contribution < 1.29 is 14.2 Å². The Morgan fingerprint density at radius 1 is 0.830 bits per heavy atom. The zero-order valence-corrected chi connectivity index (χ0v) is 26.8. The summed E-state index contributed by atoms with van der Waals surface area (Å²) in [7, 11) is 1.59. The monoisotopic (exact) mass is 623 g/mol. The van der Waals surface area contributed by atoms with Crippen LogP contribution in [0.2, 0.25) is 0 Å². The standard InChI is InChI=1S/C39H37N5O3/c1-26-14-17-32(35(41-26)30-16-15-29-21-34(45-3)43-42-33(29)20-30)31-22-40-44(23-31)25-38(2)18-19-39(24-38)46-36(27-10-6-4-7-11-27)37(47-39)28-12-8-5-9-13-28/h4-17,20-23,36-37H,18-19,24-25H2,1-3H3/t36-,37-,38?/m0/s1. The van der Waals surface area contributed by atoms with Gasteiger partial charge in [0.1, 0.15) is 12.2 Å². The first kappa shape index (κ1) is 29.5. The quantitative estimate of drug-likeness (QED) is 0.177. The molecule has 3 atom stereocenters. The van der Waals surface area contributed by atoms with Gasteiger partial charge >= 0.3 is 0 Å². The van der Waals surface area contributed by atoms with Crippen LogP contribution in [0.3, 0.4) is 0 Å². The van der Waals surface area contributed by atoms with Crippen molar-refractivity contribution in [3.05, 3.63) is 126 Å². The van der Waals surface area contributed by atoms with Gasteiger partial charge in [-0.3, -0.25) is 9.67 Å². The van der Waals surface area contributed by atoms with Crippen LogP contribution in [0.15, 0.2) is 109 Å². The Morgan fingerprint density at radius 3 is 2.26 bits per heavy atom. The minimum atomic E-state index is -0.636. The number of pyridine rings is 1. The van der Waals surface area contributed by atoms with Gasteiger partial charge < -0.3 is 14.2 Å². The molecule has 8 rings (SSSR count). The summed E-state index contributed by atoms with van der Waals surface area (Å²) in [6, 6.07) is 33.1. The normalized spacial score (nSPS) is 21.9. The summed E-state index contributed by atoms with van der Waals surface area (Å²) in [5, 5.41) is 14.3. The van der Waals surface area contributed by atoms with Gasteiger partial charge in [0, 0.05) is 59.4 Å². The van der Waals surface area contributed by atoms with Crippen LogP contribution in [0.25, 0.3) is 33.3 Å². The highest BCUT2D eigenvalue weighted by molar-refractivity contribution is 5.88. The van der Waals surface area contributed by atoms with Crippen molar-refractivity contribution in [1.82, 2.24) is 25.0 Å². The lowest BCUT2D eigenvalue weighted by Gasteiger charge is -2.28. The molecule has 8 heteroatoms. The van der Waals surface area contributed by atoms with Gasteiger partial charge in [0.25, 0.3) is 0 Å². The van der Waals surface area contributed by atoms with Gasteiger partial charge in [-0.1, -0.05) is 85.8 Å². The van der Waals surface area contributed by atoms with Gasteiger partial charge in [-0.15, -0.1) is 10.2 Å². The Kier molecular flexibility index (Phi) is 7.34. The number of benzene rings is 3. The van der Waals surface area contributed by atoms with E-state index >= 15 is 0 Å². The maximum Gasteiger partial charge on any atom is 0.233 e. The molecule has 47 heavy (non-hydrogen) atoms. The molecule has 1 saturated heterocycles. The van der Waals surface area contributed by atoms with Crippen molar-refractivity contribution in [2.45, 2.75) is 57.6 Å². The summed E-state index contributed by atoms with van der Waals surface area (Å²) in [5.74, 6) is -0.144. The van der Waals surface area contributed by atoms with Crippen molar-refractivity contribution in [1.29, 1.82) is 0 Å². The minimum Gasteiger partial charge on any atom is -0.480 e. The number of methoxy groups -OCH3 is 1. The lowest BCUT2D eigenvalue weighted by Crippen LogP contribution is -2.30. The zero-order chi connectivity index (χ0) is 32.0. The molecule has 0 N–H and O–H groups in total. The molecule has 0 bridgehead atoms. The summed E-state index contributed by atoms with van der Waals surface area (Å²) in [6.07, 6.45) is 6.37. The van der Waals surface area contributed by atoms with Crippen molar-refractivity contribution in [3.8, 4) is 28.3 Å². The van der Waals surface area contributed by atoms with Gasteiger partial charge in [-0.05, 0) is 42.0 Å². The highest BCUT2D eigenvalue weighted by Gasteiger charge is 2.56. The molecular formula is C39H37N5O3. The molecule has 1 saturated carbocycles. The zero-order valence-electron chi connectivity index (χ0n) is 26.8. The molecule has 2 fully saturated rings. The average molecular weight is 624 g/mol. The molecule has 3 aromatic carbocycles. The Labute approximate surface area is 274 Å². The van der Waals surface area contributed by atoms with Gasteiger partial charge in [0.05, 0.1) is 24.5 Å². The fourth-order valence-corrected chi connectivity index (χ4v) is 7.30. The number of aryl methyl sites for hydroxylation is 1. The molecule has 4 heterocycles. The number of hydrogen-bond acceptors (Lipinski definition) is 7. The third-order valence-electron chi connectivity index (χ3n) is 9.59. The van der Waals surface area contributed by atoms with E-state index in [-0.39, 0.29) is 17.6 Å². The first-order valence-corrected chi connectivity index (χ1v) is 16.2. The second kappa shape index (κ2) is 11.7. The molecule has 8 nitrogen and oxygen atoms in total. The van der Waals surface area contributed by atoms with Crippen molar-refractivity contribution in [2.75, 3.05) is 7.11 Å². The van der Waals surface area contributed by atoms with Crippen molar-refractivity contribution in [3.63, 3.8) is 0 Å². The molecule has 1 aliphatic carbocycles. The third kappa shape index (κ3) is 5.68. The maximum absolute atomic E-state index is 6.91. The molecule has 1 unspecified atom stereocenters. The van der Waals surface area contributed by atoms with Gasteiger partial charge in [-0.2, -0.15) is 5.10 Å². The Morgan fingerprint density at radius 2 is 1.55 bits per heavy atom. The van der Waals surface area contributed by atoms with Gasteiger partial charge in [0.15, 0.2) is 5.79 Å². The molecule has 1 aliphatic heterocycles. The average Bonchev–Trinajstić information content (AvgIpc) is 3.81. The van der Waals surface area contributed by atoms with Crippen LogP contribution in [0.1, 0.15) is 55.2 Å². The molecule has 6 aromatic rings. The number of fused-ring (bicyclic) bond motifs is 1. The number of aromatic nitrogens is 5. The fraction of sp³-hybridized carbons (Fsp3) is 0.282. The van der Waals surface area contributed by atoms with E-state index in [2.05, 4.69) is 88.7 Å². The lowest BCUT2D eigenvalue weighted by atomic mass is 9.88. The van der Waals surface area contributed by atoms with Crippen LogP contribution in [0.5, 0.6) is 5.88 Å². The summed E-state index contributed by atoms with van der Waals surface area (Å²) >= 11 is 0. The number of hydrogen-bond donors (Lipinski definition) is 0. The third-order valence-corrected chi connectivity index (χ3v) is 9.59. The Hall–Kier alpha value is -4.92. The largest absolute Gasteiger partial charge is 0.480 e. The predicted octanol–water partition coefficient (Wildman–Crippen LogP) is 8.29. The summed E-state index contributed by atoms with van der Waals surface area (Å²) in [6.45, 7) is 5.10. The van der Waals surface area contributed by atoms with E-state index in [0.717, 1.165) is 75.9 Å². The number of ether oxygens (including phenoxy) is 3. The smallest absolute Gasteiger partial charge is 0.233 e. The van der Waals surface area contributed by atoms with E-state index in [1.165, 1.54) is 0 Å². The molecule has 3 aromatic heterocycles. The molecule has 236 valence electrons. The first-order valence-electron chi connectivity index (χ1n) is 16.2. The van der Waals surface area contributed by atoms with E-state index in [1.54, 1.807) is 7.11 Å². The molecule has 1 spiro atoms. The van der Waals surface area contributed by atoms with Crippen molar-refractivity contribution >= 4 is 10.9 Å². The van der Waals surface area contributed by atoms with Gasteiger partial charge in [0.2, 0.25) is 5.88 Å². The fourth-order valence-electron chi connectivity index (χ4n) is 7.30. The summed E-state index contributed by atoms with van der Waals surface area (Å²) in [5.41, 5.74) is 7.88. The molecule has 2 aliphatic rings. The summed E-state index contributed by atoms with van der Waals surface area (Å²) < 4.78 is 21.1. The van der Waals surface area contributed by atoms with Crippen LogP contribution >= 0.6 is 0 Å². The maximum atomic E-state index is 6.91. The first-order chi connectivity index (χ1) is 22.9. The van der Waals surface area contributed by atoms with E-state index in [9.17, 15) is 0 Å². The van der Waals surface area contributed by atoms with Crippen LogP contribution in [0, 0.1) is 12.3 Å². The van der Waals surface area contributed by atoms with Crippen LogP contribution < -0.4 is 4.74 Å². The Bertz CT molecular complexity index is 2000. The molecule has 0 radical (unpaired) electrons. The van der Waals surface area contributed by atoms with Crippen molar-refractivity contribution in [2.24, 2.45) is 5.41 Å². The van der Waals surface area contributed by atoms with E-state index in [4.69, 9.17) is 24.3 Å². The summed E-state index contributed by atoms with van der Waals surface area (Å²) in [4.78, 5) is 4.96.